The summed E-state index contributed by atoms with van der Waals surface area (Å²) < 4.78 is 5.31. The number of amides is 2. The molecule has 0 aromatic rings. The highest BCUT2D eigenvalue weighted by Gasteiger charge is 2.50. The van der Waals surface area contributed by atoms with Gasteiger partial charge in [-0.3, -0.25) is 4.79 Å². The number of nitrogens with two attached hydrogens (primary N) is 1. The molecular weight excluding hydrogens is 354 g/mol. The lowest BCUT2D eigenvalue weighted by Crippen LogP contribution is -2.50. The van der Waals surface area contributed by atoms with Crippen LogP contribution in [-0.4, -0.2) is 36.7 Å². The maximum Gasteiger partial charge on any atom is 0.408 e. The first-order chi connectivity index (χ1) is 13.2. The molecule has 0 aromatic carbocycles. The average Bonchev–Trinajstić information content (AvgIpc) is 2.55. The van der Waals surface area contributed by atoms with Gasteiger partial charge in [0.2, 0.25) is 5.91 Å². The molecule has 4 N–H and O–H groups in total. The van der Waals surface area contributed by atoms with E-state index in [0.29, 0.717) is 31.3 Å². The molecule has 4 aliphatic rings. The Morgan fingerprint density at radius 2 is 1.68 bits per heavy atom. The van der Waals surface area contributed by atoms with Crippen LogP contribution in [-0.2, 0) is 9.53 Å². The lowest BCUT2D eigenvalue weighted by atomic mass is 9.49. The van der Waals surface area contributed by atoms with E-state index in [4.69, 9.17) is 10.5 Å². The van der Waals surface area contributed by atoms with Gasteiger partial charge in [0.1, 0.15) is 11.6 Å². The molecule has 6 heteroatoms. The molecule has 0 heterocycles. The highest BCUT2D eigenvalue weighted by Crippen LogP contribution is 2.61. The zero-order valence-corrected chi connectivity index (χ0v) is 17.9. The molecule has 0 aliphatic heterocycles. The second kappa shape index (κ2) is 8.60. The van der Waals surface area contributed by atoms with Gasteiger partial charge in [-0.1, -0.05) is 0 Å². The van der Waals surface area contributed by atoms with Crippen molar-refractivity contribution in [3.63, 3.8) is 0 Å². The van der Waals surface area contributed by atoms with Gasteiger partial charge >= 0.3 is 6.09 Å². The van der Waals surface area contributed by atoms with Crippen LogP contribution in [0.15, 0.2) is 0 Å². The topological polar surface area (TPSA) is 93.4 Å². The van der Waals surface area contributed by atoms with Crippen molar-refractivity contribution in [3.05, 3.63) is 0 Å². The van der Waals surface area contributed by atoms with Gasteiger partial charge in [0.15, 0.2) is 0 Å². The molecule has 1 atom stereocenters. The van der Waals surface area contributed by atoms with E-state index >= 15 is 0 Å². The van der Waals surface area contributed by atoms with E-state index in [2.05, 4.69) is 10.6 Å². The van der Waals surface area contributed by atoms with E-state index in [-0.39, 0.29) is 5.91 Å². The van der Waals surface area contributed by atoms with Crippen molar-refractivity contribution in [2.45, 2.75) is 90.2 Å². The van der Waals surface area contributed by atoms with E-state index < -0.39 is 17.7 Å². The van der Waals surface area contributed by atoms with Crippen LogP contribution in [0.2, 0.25) is 0 Å². The summed E-state index contributed by atoms with van der Waals surface area (Å²) in [5.74, 6) is 2.65. The monoisotopic (exact) mass is 393 g/mol. The van der Waals surface area contributed by atoms with Gasteiger partial charge in [-0.2, -0.15) is 0 Å². The molecule has 4 rings (SSSR count). The molecule has 2 amide bonds. The zero-order chi connectivity index (χ0) is 20.4. The molecule has 0 aromatic heterocycles. The Kier molecular flexibility index (Phi) is 6.58. The molecule has 6 nitrogen and oxygen atoms in total. The maximum atomic E-state index is 12.7. The number of rotatable bonds is 8. The number of ether oxygens (including phenoxy) is 1. The fourth-order valence-electron chi connectivity index (χ4n) is 6.21. The Labute approximate surface area is 169 Å². The SMILES string of the molecule is CC(C)(C)OC(=O)N[C@@H](CCCN)C(=O)NCCC12CC3CC(CC(C3)C1)C2. The second-order valence-corrected chi connectivity index (χ2v) is 10.6. The van der Waals surface area contributed by atoms with Crippen LogP contribution in [0.3, 0.4) is 0 Å². The fourth-order valence-corrected chi connectivity index (χ4v) is 6.21. The Balaban J connectivity index is 1.48. The molecular formula is C22H39N3O3. The third-order valence-corrected chi connectivity index (χ3v) is 6.82. The van der Waals surface area contributed by atoms with Crippen LogP contribution in [0.5, 0.6) is 0 Å². The van der Waals surface area contributed by atoms with Crippen LogP contribution in [0.4, 0.5) is 4.79 Å². The predicted molar refractivity (Wildman–Crippen MR) is 110 cm³/mol. The van der Waals surface area contributed by atoms with Gasteiger partial charge in [0, 0.05) is 6.54 Å². The largest absolute Gasteiger partial charge is 0.444 e. The first-order valence-corrected chi connectivity index (χ1v) is 11.2. The van der Waals surface area contributed by atoms with Crippen molar-refractivity contribution >= 4 is 12.0 Å². The molecule has 4 aliphatic carbocycles. The normalized spacial score (nSPS) is 32.1. The van der Waals surface area contributed by atoms with Crippen LogP contribution in [0.1, 0.15) is 78.6 Å². The highest BCUT2D eigenvalue weighted by molar-refractivity contribution is 5.85. The Hall–Kier alpha value is -1.30. The van der Waals surface area contributed by atoms with E-state index in [0.717, 1.165) is 24.2 Å². The van der Waals surface area contributed by atoms with Gasteiger partial charge in [-0.15, -0.1) is 0 Å². The van der Waals surface area contributed by atoms with Crippen LogP contribution in [0, 0.1) is 23.2 Å². The van der Waals surface area contributed by atoms with Crippen molar-refractivity contribution in [1.29, 1.82) is 0 Å². The summed E-state index contributed by atoms with van der Waals surface area (Å²) in [6, 6.07) is -0.588. The van der Waals surface area contributed by atoms with Crippen molar-refractivity contribution < 1.29 is 14.3 Å². The molecule has 4 saturated carbocycles. The quantitative estimate of drug-likeness (QED) is 0.589. The fraction of sp³-hybridized carbons (Fsp3) is 0.909. The lowest BCUT2D eigenvalue weighted by molar-refractivity contribution is -0.123. The summed E-state index contributed by atoms with van der Waals surface area (Å²) in [6.07, 6.45) is 10.1. The van der Waals surface area contributed by atoms with Gasteiger partial charge in [-0.05, 0) is 108 Å². The molecule has 0 unspecified atom stereocenters. The molecule has 4 bridgehead atoms. The van der Waals surface area contributed by atoms with Gasteiger partial charge in [0.25, 0.3) is 0 Å². The van der Waals surface area contributed by atoms with Crippen molar-refractivity contribution in [3.8, 4) is 0 Å². The van der Waals surface area contributed by atoms with E-state index in [9.17, 15) is 9.59 Å². The van der Waals surface area contributed by atoms with Crippen molar-refractivity contribution in [2.24, 2.45) is 28.9 Å². The van der Waals surface area contributed by atoms with Crippen LogP contribution < -0.4 is 16.4 Å². The minimum Gasteiger partial charge on any atom is -0.444 e. The number of hydrogen-bond acceptors (Lipinski definition) is 4. The maximum absolute atomic E-state index is 12.7. The Morgan fingerprint density at radius 1 is 1.11 bits per heavy atom. The van der Waals surface area contributed by atoms with Crippen molar-refractivity contribution in [2.75, 3.05) is 13.1 Å². The summed E-state index contributed by atoms with van der Waals surface area (Å²) >= 11 is 0. The average molecular weight is 394 g/mol. The van der Waals surface area contributed by atoms with E-state index in [1.807, 2.05) is 20.8 Å². The van der Waals surface area contributed by atoms with Crippen molar-refractivity contribution in [1.82, 2.24) is 10.6 Å². The number of carbonyl (C=O) groups excluding carboxylic acids is 2. The molecule has 0 saturated heterocycles. The molecule has 0 radical (unpaired) electrons. The smallest absolute Gasteiger partial charge is 0.408 e. The van der Waals surface area contributed by atoms with E-state index in [1.54, 1.807) is 0 Å². The summed E-state index contributed by atoms with van der Waals surface area (Å²) in [7, 11) is 0. The zero-order valence-electron chi connectivity index (χ0n) is 17.9. The van der Waals surface area contributed by atoms with Gasteiger partial charge < -0.3 is 21.1 Å². The first kappa shape index (κ1) is 21.4. The standard InChI is InChI=1S/C22H39N3O3/c1-21(2,3)28-20(27)25-18(5-4-7-23)19(26)24-8-6-22-12-15-9-16(13-22)11-17(10-15)14-22/h15-18H,4-14,23H2,1-3H3,(H,24,26)(H,25,27)/t15?,16?,17?,18-,22?/m0/s1. The summed E-state index contributed by atoms with van der Waals surface area (Å²) in [5.41, 5.74) is 5.47. The number of alkyl carbamates (subject to hydrolysis) is 1. The summed E-state index contributed by atoms with van der Waals surface area (Å²) in [5, 5.41) is 5.81. The van der Waals surface area contributed by atoms with Gasteiger partial charge in [-0.25, -0.2) is 4.79 Å². The molecule has 0 spiro atoms. The van der Waals surface area contributed by atoms with Crippen LogP contribution in [0.25, 0.3) is 0 Å². The minimum absolute atomic E-state index is 0.121. The number of hydrogen-bond donors (Lipinski definition) is 3. The molecule has 160 valence electrons. The Bertz CT molecular complexity index is 535. The highest BCUT2D eigenvalue weighted by atomic mass is 16.6. The number of nitrogens with one attached hydrogen (secondary N) is 2. The van der Waals surface area contributed by atoms with Crippen LogP contribution >= 0.6 is 0 Å². The summed E-state index contributed by atoms with van der Waals surface area (Å²) in [6.45, 7) is 6.63. The minimum atomic E-state index is -0.588. The second-order valence-electron chi connectivity index (χ2n) is 10.6. The van der Waals surface area contributed by atoms with E-state index in [1.165, 1.54) is 38.5 Å². The first-order valence-electron chi connectivity index (χ1n) is 11.2. The summed E-state index contributed by atoms with van der Waals surface area (Å²) in [4.78, 5) is 24.8. The number of carbonyl (C=O) groups is 2. The molecule has 4 fully saturated rings. The van der Waals surface area contributed by atoms with Gasteiger partial charge in [0.05, 0.1) is 0 Å². The Morgan fingerprint density at radius 3 is 2.18 bits per heavy atom. The lowest BCUT2D eigenvalue weighted by Gasteiger charge is -2.57. The molecule has 28 heavy (non-hydrogen) atoms. The third kappa shape index (κ3) is 5.62. The predicted octanol–water partition coefficient (Wildman–Crippen LogP) is 3.34. The third-order valence-electron chi connectivity index (χ3n) is 6.82.